The van der Waals surface area contributed by atoms with Crippen molar-refractivity contribution in [1.82, 2.24) is 14.9 Å². The van der Waals surface area contributed by atoms with Crippen molar-refractivity contribution < 1.29 is 4.79 Å². The van der Waals surface area contributed by atoms with Crippen molar-refractivity contribution in [1.29, 1.82) is 0 Å². The van der Waals surface area contributed by atoms with Crippen LogP contribution in [0, 0.1) is 0 Å². The van der Waals surface area contributed by atoms with Crippen LogP contribution in [0.1, 0.15) is 11.3 Å². The van der Waals surface area contributed by atoms with Crippen LogP contribution < -0.4 is 10.9 Å². The molecule has 2 heterocycles. The van der Waals surface area contributed by atoms with E-state index in [2.05, 4.69) is 21.2 Å². The molecular weight excluding hydrogens is 470 g/mol. The molecule has 0 saturated carbocycles. The predicted octanol–water partition coefficient (Wildman–Crippen LogP) is 4.05. The number of benzene rings is 2. The van der Waals surface area contributed by atoms with Gasteiger partial charge in [0.05, 0.1) is 22.0 Å². The summed E-state index contributed by atoms with van der Waals surface area (Å²) < 4.78 is 2.55. The summed E-state index contributed by atoms with van der Waals surface area (Å²) in [7, 11) is 0. The third-order valence-corrected chi connectivity index (χ3v) is 6.99. The van der Waals surface area contributed by atoms with E-state index in [0.29, 0.717) is 16.6 Å². The molecule has 0 aliphatic carbocycles. The van der Waals surface area contributed by atoms with Gasteiger partial charge in [-0.3, -0.25) is 14.2 Å². The number of thioether (sulfide) groups is 2. The van der Waals surface area contributed by atoms with Crippen LogP contribution in [-0.4, -0.2) is 27.0 Å². The summed E-state index contributed by atoms with van der Waals surface area (Å²) in [6.07, 6.45) is 0.782. The van der Waals surface area contributed by atoms with Crippen LogP contribution in [0.25, 0.3) is 5.69 Å². The summed E-state index contributed by atoms with van der Waals surface area (Å²) in [5.74, 6) is 0.969. The number of fused-ring (bicyclic) bond motifs is 1. The number of hydrogen-bond donors (Lipinski definition) is 1. The summed E-state index contributed by atoms with van der Waals surface area (Å²) in [6.45, 7) is 0.480. The van der Waals surface area contributed by atoms with Crippen molar-refractivity contribution >= 4 is 45.4 Å². The Bertz CT molecular complexity index is 1090. The fourth-order valence-electron chi connectivity index (χ4n) is 2.98. The first-order chi connectivity index (χ1) is 14.1. The number of amides is 1. The molecule has 5 nitrogen and oxygen atoms in total. The highest BCUT2D eigenvalue weighted by molar-refractivity contribution is 9.10. The summed E-state index contributed by atoms with van der Waals surface area (Å²) in [5.41, 5.74) is 2.56. The molecule has 4 rings (SSSR count). The lowest BCUT2D eigenvalue weighted by Gasteiger charge is -2.14. The topological polar surface area (TPSA) is 64.0 Å². The number of halogens is 1. The second-order valence-corrected chi connectivity index (χ2v) is 9.40. The highest BCUT2D eigenvalue weighted by Gasteiger charge is 2.23. The Hall–Kier alpha value is -2.03. The van der Waals surface area contributed by atoms with Crippen molar-refractivity contribution in [2.75, 3.05) is 11.5 Å². The minimum atomic E-state index is -0.0923. The van der Waals surface area contributed by atoms with Gasteiger partial charge in [-0.15, -0.1) is 11.8 Å². The molecule has 0 fully saturated rings. The van der Waals surface area contributed by atoms with Gasteiger partial charge in [-0.2, -0.15) is 0 Å². The van der Waals surface area contributed by atoms with Gasteiger partial charge in [-0.05, 0) is 29.8 Å². The molecule has 0 spiro atoms. The van der Waals surface area contributed by atoms with Gasteiger partial charge < -0.3 is 5.32 Å². The molecule has 0 atom stereocenters. The van der Waals surface area contributed by atoms with Gasteiger partial charge in [-0.1, -0.05) is 58.0 Å². The van der Waals surface area contributed by atoms with Crippen LogP contribution >= 0.6 is 39.5 Å². The Morgan fingerprint density at radius 3 is 2.69 bits per heavy atom. The quantitative estimate of drug-likeness (QED) is 0.419. The molecular formula is C21H18BrN3O2S2. The summed E-state index contributed by atoms with van der Waals surface area (Å²) in [4.78, 5) is 30.9. The van der Waals surface area contributed by atoms with Crippen LogP contribution in [0.5, 0.6) is 0 Å². The number of aromatic nitrogens is 2. The maximum absolute atomic E-state index is 13.1. The van der Waals surface area contributed by atoms with Gasteiger partial charge in [0.1, 0.15) is 0 Å². The zero-order chi connectivity index (χ0) is 20.2. The van der Waals surface area contributed by atoms with Gasteiger partial charge in [-0.25, -0.2) is 4.98 Å². The second kappa shape index (κ2) is 9.19. The maximum Gasteiger partial charge on any atom is 0.272 e. The SMILES string of the molecule is O=C(CSc1nc2c(c(=O)n1-c1ccc(Br)cc1)SCC2)NCc1ccccc1. The molecule has 1 aliphatic rings. The highest BCUT2D eigenvalue weighted by atomic mass is 79.9. The van der Waals surface area contributed by atoms with E-state index in [0.717, 1.165) is 33.6 Å². The first kappa shape index (κ1) is 20.3. The number of carbonyl (C=O) groups excluding carboxylic acids is 1. The number of nitrogens with one attached hydrogen (secondary N) is 1. The molecule has 1 amide bonds. The van der Waals surface area contributed by atoms with Gasteiger partial charge in [0.2, 0.25) is 5.91 Å². The third-order valence-electron chi connectivity index (χ3n) is 4.42. The standard InChI is InChI=1S/C21H18BrN3O2S2/c22-15-6-8-16(9-7-15)25-20(27)19-17(10-11-28-19)24-21(25)29-13-18(26)23-12-14-4-2-1-3-5-14/h1-9H,10-13H2,(H,23,26). The average Bonchev–Trinajstić information content (AvgIpc) is 3.21. The van der Waals surface area contributed by atoms with Crippen LogP contribution in [0.3, 0.4) is 0 Å². The lowest BCUT2D eigenvalue weighted by atomic mass is 10.2. The fraction of sp³-hybridized carbons (Fsp3) is 0.190. The number of hydrogen-bond acceptors (Lipinski definition) is 5. The van der Waals surface area contributed by atoms with Crippen LogP contribution in [0.2, 0.25) is 0 Å². The van der Waals surface area contributed by atoms with Crippen molar-refractivity contribution in [3.05, 3.63) is 80.7 Å². The first-order valence-electron chi connectivity index (χ1n) is 9.10. The van der Waals surface area contributed by atoms with Crippen molar-refractivity contribution in [2.24, 2.45) is 0 Å². The molecule has 3 aromatic rings. The minimum Gasteiger partial charge on any atom is -0.351 e. The van der Waals surface area contributed by atoms with E-state index >= 15 is 0 Å². The molecule has 1 N–H and O–H groups in total. The van der Waals surface area contributed by atoms with Crippen molar-refractivity contribution in [3.63, 3.8) is 0 Å². The summed E-state index contributed by atoms with van der Waals surface area (Å²) in [6, 6.07) is 17.3. The smallest absolute Gasteiger partial charge is 0.272 e. The number of carbonyl (C=O) groups is 1. The molecule has 29 heavy (non-hydrogen) atoms. The average molecular weight is 488 g/mol. The maximum atomic E-state index is 13.1. The van der Waals surface area contributed by atoms with Crippen LogP contribution in [0.15, 0.2) is 73.9 Å². The monoisotopic (exact) mass is 487 g/mol. The van der Waals surface area contributed by atoms with E-state index in [1.165, 1.54) is 11.8 Å². The van der Waals surface area contributed by atoms with Crippen LogP contribution in [0.4, 0.5) is 0 Å². The first-order valence-corrected chi connectivity index (χ1v) is 11.9. The van der Waals surface area contributed by atoms with Gasteiger partial charge in [0.15, 0.2) is 5.16 Å². The third kappa shape index (κ3) is 4.76. The molecule has 0 radical (unpaired) electrons. The molecule has 0 unspecified atom stereocenters. The zero-order valence-corrected chi connectivity index (χ0v) is 18.6. The largest absolute Gasteiger partial charge is 0.351 e. The summed E-state index contributed by atoms with van der Waals surface area (Å²) >= 11 is 6.27. The molecule has 0 saturated heterocycles. The van der Waals surface area contributed by atoms with E-state index in [9.17, 15) is 9.59 Å². The lowest BCUT2D eigenvalue weighted by molar-refractivity contribution is -0.118. The second-order valence-electron chi connectivity index (χ2n) is 6.44. The van der Waals surface area contributed by atoms with E-state index in [1.54, 1.807) is 16.3 Å². The molecule has 2 aromatic carbocycles. The number of rotatable bonds is 6. The van der Waals surface area contributed by atoms with Gasteiger partial charge >= 0.3 is 0 Å². The molecule has 1 aliphatic heterocycles. The molecule has 0 bridgehead atoms. The normalized spacial score (nSPS) is 12.6. The minimum absolute atomic E-state index is 0.0629. The van der Waals surface area contributed by atoms with Gasteiger partial charge in [0.25, 0.3) is 5.56 Å². The fourth-order valence-corrected chi connectivity index (χ4v) is 5.13. The van der Waals surface area contributed by atoms with E-state index in [1.807, 2.05) is 54.6 Å². The Labute approximate surface area is 185 Å². The van der Waals surface area contributed by atoms with Gasteiger partial charge in [0, 0.05) is 23.2 Å². The Morgan fingerprint density at radius 1 is 1.17 bits per heavy atom. The molecule has 8 heteroatoms. The molecule has 1 aromatic heterocycles. The van der Waals surface area contributed by atoms with Crippen LogP contribution in [-0.2, 0) is 17.8 Å². The number of aryl methyl sites for hydroxylation is 1. The zero-order valence-electron chi connectivity index (χ0n) is 15.4. The van der Waals surface area contributed by atoms with E-state index in [4.69, 9.17) is 4.98 Å². The Morgan fingerprint density at radius 2 is 1.93 bits per heavy atom. The number of nitrogens with zero attached hydrogens (tertiary/aromatic N) is 2. The Balaban J connectivity index is 1.55. The van der Waals surface area contributed by atoms with E-state index < -0.39 is 0 Å². The Kier molecular flexibility index (Phi) is 6.42. The summed E-state index contributed by atoms with van der Waals surface area (Å²) in [5, 5.41) is 3.47. The lowest BCUT2D eigenvalue weighted by Crippen LogP contribution is -2.27. The van der Waals surface area contributed by atoms with Crippen molar-refractivity contribution in [3.8, 4) is 5.69 Å². The predicted molar refractivity (Wildman–Crippen MR) is 121 cm³/mol. The van der Waals surface area contributed by atoms with Crippen molar-refractivity contribution in [2.45, 2.75) is 23.0 Å². The van der Waals surface area contributed by atoms with E-state index in [-0.39, 0.29) is 17.2 Å². The highest BCUT2D eigenvalue weighted by Crippen LogP contribution is 2.30. The molecule has 148 valence electrons.